The van der Waals surface area contributed by atoms with Gasteiger partial charge in [-0.1, -0.05) is 19.9 Å². The van der Waals surface area contributed by atoms with Gasteiger partial charge in [0.2, 0.25) is 0 Å². The zero-order chi connectivity index (χ0) is 19.2. The lowest BCUT2D eigenvalue weighted by atomic mass is 9.85. The number of rotatable bonds is 8. The molecule has 0 aromatic heterocycles. The molecule has 0 bridgehead atoms. The van der Waals surface area contributed by atoms with Crippen LogP contribution in [0.1, 0.15) is 85.5 Å². The number of hydrogen-bond donors (Lipinski definition) is 2. The van der Waals surface area contributed by atoms with Gasteiger partial charge in [-0.25, -0.2) is 0 Å². The van der Waals surface area contributed by atoms with Crippen LogP contribution in [0.25, 0.3) is 0 Å². The van der Waals surface area contributed by atoms with Crippen molar-refractivity contribution in [2.45, 2.75) is 110 Å². The lowest BCUT2D eigenvalue weighted by Gasteiger charge is -2.48. The van der Waals surface area contributed by atoms with E-state index in [0.717, 1.165) is 57.1 Å². The highest BCUT2D eigenvalue weighted by molar-refractivity contribution is 5.04. The monoisotopic (exact) mass is 367 g/mol. The Morgan fingerprint density at radius 2 is 2.00 bits per heavy atom. The van der Waals surface area contributed by atoms with Gasteiger partial charge < -0.3 is 20.3 Å². The lowest BCUT2D eigenvalue weighted by molar-refractivity contribution is -0.324. The predicted octanol–water partition coefficient (Wildman–Crippen LogP) is 4.55. The molecule has 4 nitrogen and oxygen atoms in total. The van der Waals surface area contributed by atoms with Crippen LogP contribution in [0.2, 0.25) is 0 Å². The minimum atomic E-state index is -0.352. The second-order valence-corrected chi connectivity index (χ2v) is 8.79. The molecule has 2 heterocycles. The Morgan fingerprint density at radius 3 is 2.69 bits per heavy atom. The van der Waals surface area contributed by atoms with Crippen molar-refractivity contribution in [3.05, 3.63) is 11.6 Å². The molecule has 3 N–H and O–H groups in total. The van der Waals surface area contributed by atoms with Gasteiger partial charge in [-0.15, -0.1) is 0 Å². The van der Waals surface area contributed by atoms with Crippen LogP contribution < -0.4 is 5.73 Å². The van der Waals surface area contributed by atoms with Crippen LogP contribution >= 0.6 is 0 Å². The van der Waals surface area contributed by atoms with Crippen LogP contribution in [-0.4, -0.2) is 35.8 Å². The van der Waals surface area contributed by atoms with Crippen molar-refractivity contribution in [3.8, 4) is 0 Å². The van der Waals surface area contributed by atoms with Crippen LogP contribution in [0.15, 0.2) is 11.6 Å². The average Bonchev–Trinajstić information content (AvgIpc) is 2.61. The maximum Gasteiger partial charge on any atom is 0.169 e. The van der Waals surface area contributed by atoms with Crippen molar-refractivity contribution in [2.24, 2.45) is 17.6 Å². The first kappa shape index (κ1) is 21.9. The van der Waals surface area contributed by atoms with E-state index in [1.807, 2.05) is 13.8 Å². The van der Waals surface area contributed by atoms with E-state index in [9.17, 15) is 5.11 Å². The minimum absolute atomic E-state index is 0.293. The van der Waals surface area contributed by atoms with E-state index in [1.54, 1.807) is 0 Å². The fourth-order valence-corrected chi connectivity index (χ4v) is 4.36. The largest absolute Gasteiger partial charge is 0.389 e. The van der Waals surface area contributed by atoms with Gasteiger partial charge in [0.25, 0.3) is 0 Å². The smallest absolute Gasteiger partial charge is 0.169 e. The standard InChI is InChI=1S/C22H41NO3/c1-16(15-18(3)19(4)24)9-10-20-7-5-12-22(25-20)13-11-17(2)21(26-22)8-6-14-23/h15-17,19-21,24H,5-14,23H2,1-4H3/b18-15+/t16-,17-,19-,20-,21+,22-/m0/s1. The normalized spacial score (nSPS) is 35.5. The molecule has 4 heteroatoms. The number of allylic oxidation sites excluding steroid dienone is 1. The second kappa shape index (κ2) is 10.2. The fraction of sp³-hybridized carbons (Fsp3) is 0.909. The molecule has 0 aliphatic carbocycles. The summed E-state index contributed by atoms with van der Waals surface area (Å²) in [6, 6.07) is 0. The first-order valence-corrected chi connectivity index (χ1v) is 10.8. The van der Waals surface area contributed by atoms with Crippen molar-refractivity contribution in [3.63, 3.8) is 0 Å². The topological polar surface area (TPSA) is 64.7 Å². The number of hydrogen-bond acceptors (Lipinski definition) is 4. The summed E-state index contributed by atoms with van der Waals surface area (Å²) >= 11 is 0. The molecule has 0 aromatic carbocycles. The molecule has 2 rings (SSSR count). The number of aliphatic hydroxyl groups excluding tert-OH is 1. The maximum absolute atomic E-state index is 9.64. The Labute approximate surface area is 160 Å². The molecule has 26 heavy (non-hydrogen) atoms. The van der Waals surface area contributed by atoms with Crippen molar-refractivity contribution < 1.29 is 14.6 Å². The zero-order valence-electron chi connectivity index (χ0n) is 17.4. The zero-order valence-corrected chi connectivity index (χ0v) is 17.4. The molecule has 0 saturated carbocycles. The summed E-state index contributed by atoms with van der Waals surface area (Å²) in [7, 11) is 0. The van der Waals surface area contributed by atoms with E-state index in [4.69, 9.17) is 15.2 Å². The first-order chi connectivity index (χ1) is 12.3. The van der Waals surface area contributed by atoms with Crippen molar-refractivity contribution >= 4 is 0 Å². The summed E-state index contributed by atoms with van der Waals surface area (Å²) in [5, 5.41) is 9.64. The van der Waals surface area contributed by atoms with Gasteiger partial charge >= 0.3 is 0 Å². The summed E-state index contributed by atoms with van der Waals surface area (Å²) < 4.78 is 13.1. The molecule has 2 aliphatic heterocycles. The van der Waals surface area contributed by atoms with Crippen LogP contribution in [0, 0.1) is 11.8 Å². The van der Waals surface area contributed by atoms with Crippen molar-refractivity contribution in [2.75, 3.05) is 6.54 Å². The molecule has 6 atom stereocenters. The molecular weight excluding hydrogens is 326 g/mol. The number of aliphatic hydroxyl groups is 1. The Morgan fingerprint density at radius 1 is 1.23 bits per heavy atom. The third kappa shape index (κ3) is 6.33. The molecule has 2 fully saturated rings. The number of ether oxygens (including phenoxy) is 2. The molecule has 0 radical (unpaired) electrons. The highest BCUT2D eigenvalue weighted by atomic mass is 16.7. The number of nitrogens with two attached hydrogens (primary N) is 1. The van der Waals surface area contributed by atoms with Gasteiger partial charge in [0.05, 0.1) is 18.3 Å². The van der Waals surface area contributed by atoms with Crippen LogP contribution in [0.4, 0.5) is 0 Å². The van der Waals surface area contributed by atoms with Crippen LogP contribution in [-0.2, 0) is 9.47 Å². The van der Waals surface area contributed by atoms with Crippen molar-refractivity contribution in [1.29, 1.82) is 0 Å². The lowest BCUT2D eigenvalue weighted by Crippen LogP contribution is -2.50. The molecule has 0 amide bonds. The van der Waals surface area contributed by atoms with E-state index < -0.39 is 0 Å². The summed E-state index contributed by atoms with van der Waals surface area (Å²) in [5.41, 5.74) is 6.76. The second-order valence-electron chi connectivity index (χ2n) is 8.79. The third-order valence-corrected chi connectivity index (χ3v) is 6.29. The molecule has 2 aliphatic rings. The van der Waals surface area contributed by atoms with Gasteiger partial charge in [0.15, 0.2) is 5.79 Å². The summed E-state index contributed by atoms with van der Waals surface area (Å²) in [6.07, 6.45) is 12.3. The predicted molar refractivity (Wildman–Crippen MR) is 107 cm³/mol. The Hall–Kier alpha value is -0.420. The van der Waals surface area contributed by atoms with Gasteiger partial charge in [-0.2, -0.15) is 0 Å². The van der Waals surface area contributed by atoms with E-state index in [-0.39, 0.29) is 11.9 Å². The van der Waals surface area contributed by atoms with Crippen LogP contribution in [0.5, 0.6) is 0 Å². The minimum Gasteiger partial charge on any atom is -0.389 e. The first-order valence-electron chi connectivity index (χ1n) is 10.8. The molecule has 1 spiro atoms. The molecule has 152 valence electrons. The molecule has 0 aromatic rings. The summed E-state index contributed by atoms with van der Waals surface area (Å²) in [4.78, 5) is 0. The Balaban J connectivity index is 1.87. The summed E-state index contributed by atoms with van der Waals surface area (Å²) in [5.74, 6) is 0.726. The van der Waals surface area contributed by atoms with Gasteiger partial charge in [-0.3, -0.25) is 0 Å². The van der Waals surface area contributed by atoms with E-state index in [2.05, 4.69) is 19.9 Å². The van der Waals surface area contributed by atoms with Gasteiger partial charge in [0, 0.05) is 12.8 Å². The van der Waals surface area contributed by atoms with E-state index >= 15 is 0 Å². The van der Waals surface area contributed by atoms with Crippen molar-refractivity contribution in [1.82, 2.24) is 0 Å². The van der Waals surface area contributed by atoms with E-state index in [1.165, 1.54) is 12.8 Å². The highest BCUT2D eigenvalue weighted by Crippen LogP contribution is 2.42. The Bertz CT molecular complexity index is 451. The third-order valence-electron chi connectivity index (χ3n) is 6.29. The molecular formula is C22H41NO3. The fourth-order valence-electron chi connectivity index (χ4n) is 4.36. The SMILES string of the molecule is C/C(=C\[C@@H](C)CC[C@@H]1CCC[C@]2(CC[C@H](C)[C@@H](CCCN)O2)O1)[C@H](C)O. The summed E-state index contributed by atoms with van der Waals surface area (Å²) in [6.45, 7) is 9.10. The van der Waals surface area contributed by atoms with Gasteiger partial charge in [0.1, 0.15) is 0 Å². The van der Waals surface area contributed by atoms with Crippen LogP contribution in [0.3, 0.4) is 0 Å². The highest BCUT2D eigenvalue weighted by Gasteiger charge is 2.44. The van der Waals surface area contributed by atoms with Gasteiger partial charge in [-0.05, 0) is 82.7 Å². The molecule has 2 saturated heterocycles. The quantitative estimate of drug-likeness (QED) is 0.618. The average molecular weight is 368 g/mol. The Kier molecular flexibility index (Phi) is 8.59. The van der Waals surface area contributed by atoms with E-state index in [0.29, 0.717) is 24.0 Å². The molecule has 0 unspecified atom stereocenters. The maximum atomic E-state index is 9.64.